The first-order chi connectivity index (χ1) is 43.8. The zero-order valence-electron chi connectivity index (χ0n) is 59.3. The third-order valence-electron chi connectivity index (χ3n) is 17.0. The molecule has 0 amide bonds. The molecule has 19 heteroatoms. The maximum absolute atomic E-state index is 13.0. The maximum Gasteiger partial charge on any atom is 0.472 e. The number of phosphoric ester groups is 2. The summed E-state index contributed by atoms with van der Waals surface area (Å²) in [4.78, 5) is 72.3. The Balaban J connectivity index is 5.12. The Hall–Kier alpha value is -1.94. The summed E-state index contributed by atoms with van der Waals surface area (Å²) in [6, 6.07) is 0. The molecule has 0 aromatic carbocycles. The highest BCUT2D eigenvalue weighted by atomic mass is 31.2. The lowest BCUT2D eigenvalue weighted by atomic mass is 9.99. The summed E-state index contributed by atoms with van der Waals surface area (Å²) in [6.07, 6.45) is 47.7. The number of carbonyl (C=O) groups excluding carboxylic acids is 4. The van der Waals surface area contributed by atoms with Crippen LogP contribution in [0.2, 0.25) is 0 Å². The highest BCUT2D eigenvalue weighted by Crippen LogP contribution is 2.45. The van der Waals surface area contributed by atoms with E-state index in [4.69, 9.17) is 37.0 Å². The van der Waals surface area contributed by atoms with Crippen LogP contribution >= 0.6 is 15.6 Å². The summed E-state index contributed by atoms with van der Waals surface area (Å²) < 4.78 is 68.1. The number of phosphoric acid groups is 2. The van der Waals surface area contributed by atoms with E-state index < -0.39 is 97.5 Å². The molecule has 0 bridgehead atoms. The van der Waals surface area contributed by atoms with E-state index in [1.807, 2.05) is 0 Å². The van der Waals surface area contributed by atoms with Gasteiger partial charge in [-0.15, -0.1) is 0 Å². The molecular formula is C72H140O17P2. The Bertz CT molecular complexity index is 1790. The molecule has 3 N–H and O–H groups in total. The van der Waals surface area contributed by atoms with Crippen molar-refractivity contribution in [1.29, 1.82) is 0 Å². The van der Waals surface area contributed by atoms with Gasteiger partial charge in [-0.2, -0.15) is 0 Å². The van der Waals surface area contributed by atoms with Crippen molar-refractivity contribution < 1.29 is 80.2 Å². The first-order valence-electron chi connectivity index (χ1n) is 37.4. The van der Waals surface area contributed by atoms with Gasteiger partial charge in [0.05, 0.1) is 26.4 Å². The topological polar surface area (TPSA) is 237 Å². The summed E-state index contributed by atoms with van der Waals surface area (Å²) in [5, 5.41) is 10.6. The van der Waals surface area contributed by atoms with E-state index >= 15 is 0 Å². The molecule has 0 aromatic heterocycles. The fourth-order valence-corrected chi connectivity index (χ4v) is 12.4. The van der Waals surface area contributed by atoms with Crippen LogP contribution in [0.1, 0.15) is 363 Å². The van der Waals surface area contributed by atoms with Gasteiger partial charge in [0, 0.05) is 25.7 Å². The van der Waals surface area contributed by atoms with Crippen molar-refractivity contribution in [3.63, 3.8) is 0 Å². The summed E-state index contributed by atoms with van der Waals surface area (Å²) >= 11 is 0. The fraction of sp³-hybridized carbons (Fsp3) is 0.944. The van der Waals surface area contributed by atoms with Crippen LogP contribution in [0, 0.1) is 17.8 Å². The third kappa shape index (κ3) is 65.1. The van der Waals surface area contributed by atoms with Gasteiger partial charge < -0.3 is 33.8 Å². The maximum atomic E-state index is 13.0. The minimum Gasteiger partial charge on any atom is -0.462 e. The summed E-state index contributed by atoms with van der Waals surface area (Å²) in [5.41, 5.74) is 0. The van der Waals surface area contributed by atoms with E-state index in [1.165, 1.54) is 167 Å². The number of unbranched alkanes of at least 4 members (excludes halogenated alkanes) is 37. The highest BCUT2D eigenvalue weighted by molar-refractivity contribution is 7.47. The van der Waals surface area contributed by atoms with Crippen LogP contribution in [0.5, 0.6) is 0 Å². The van der Waals surface area contributed by atoms with E-state index in [2.05, 4.69) is 48.5 Å². The van der Waals surface area contributed by atoms with Crippen LogP contribution in [0.25, 0.3) is 0 Å². The zero-order chi connectivity index (χ0) is 67.3. The molecule has 0 rings (SSSR count). The van der Waals surface area contributed by atoms with Gasteiger partial charge in [-0.25, -0.2) is 9.13 Å². The molecule has 0 saturated heterocycles. The molecule has 0 fully saturated rings. The molecule has 0 radical (unpaired) electrons. The van der Waals surface area contributed by atoms with Gasteiger partial charge in [0.1, 0.15) is 19.3 Å². The third-order valence-corrected chi connectivity index (χ3v) is 18.9. The van der Waals surface area contributed by atoms with Crippen molar-refractivity contribution in [2.24, 2.45) is 17.8 Å². The standard InChI is InChI=1S/C72H140O17P2/c1-8-10-11-36-46-53-69(74)82-59-67(88-72(77)56-49-42-35-29-28-32-39-45-52-65(7)9-2)61-86-90(78,79)84-57-66(73)58-85-91(80,81)87-62-68(60-83-70(75)54-47-40-33-26-23-22-25-31-38-44-51-64(5)6)89-71(76)55-48-41-34-27-21-19-17-15-13-12-14-16-18-20-24-30-37-43-50-63(3)4/h63-68,73H,8-62H2,1-7H3,(H,78,79)(H,80,81)/t65?,66-,67+,68+/m0/s1. The lowest BCUT2D eigenvalue weighted by Gasteiger charge is -2.21. The molecule has 0 aliphatic heterocycles. The number of hydrogen-bond donors (Lipinski definition) is 3. The SMILES string of the molecule is CCCCCCCC(=O)OC[C@H](COP(=O)(O)OC[C@H](O)COP(=O)(O)OC[C@@H](COC(=O)CCCCCCCCCCCCC(C)C)OC(=O)CCCCCCCCCCCCCCCCCCCCC(C)C)OC(=O)CCCCCCCCCCC(C)CC. The molecule has 0 aliphatic rings. The number of aliphatic hydroxyl groups excluding tert-OH is 1. The fourth-order valence-electron chi connectivity index (χ4n) is 10.9. The van der Waals surface area contributed by atoms with Gasteiger partial charge in [-0.1, -0.05) is 312 Å². The molecule has 17 nitrogen and oxygen atoms in total. The van der Waals surface area contributed by atoms with Crippen LogP contribution in [0.3, 0.4) is 0 Å². The number of aliphatic hydroxyl groups is 1. The van der Waals surface area contributed by atoms with Crippen molar-refractivity contribution in [3.8, 4) is 0 Å². The van der Waals surface area contributed by atoms with E-state index in [0.29, 0.717) is 25.7 Å². The first-order valence-corrected chi connectivity index (χ1v) is 40.4. The number of ether oxygens (including phenoxy) is 4. The van der Waals surface area contributed by atoms with E-state index in [1.54, 1.807) is 0 Å². The molecule has 3 unspecified atom stereocenters. The summed E-state index contributed by atoms with van der Waals surface area (Å²) in [6.45, 7) is 11.8. The second-order valence-corrected chi connectivity index (χ2v) is 30.1. The van der Waals surface area contributed by atoms with Gasteiger partial charge in [0.2, 0.25) is 0 Å². The average Bonchev–Trinajstić information content (AvgIpc) is 2.52. The van der Waals surface area contributed by atoms with Crippen molar-refractivity contribution >= 4 is 39.5 Å². The molecular weight excluding hydrogens is 1200 g/mol. The van der Waals surface area contributed by atoms with Gasteiger partial charge in [0.25, 0.3) is 0 Å². The van der Waals surface area contributed by atoms with E-state index in [9.17, 15) is 43.2 Å². The van der Waals surface area contributed by atoms with Gasteiger partial charge in [0.15, 0.2) is 12.2 Å². The first kappa shape index (κ1) is 89.1. The van der Waals surface area contributed by atoms with Gasteiger partial charge >= 0.3 is 39.5 Å². The minimum atomic E-state index is -4.95. The van der Waals surface area contributed by atoms with Gasteiger partial charge in [-0.05, 0) is 43.4 Å². The molecule has 0 spiro atoms. The smallest absolute Gasteiger partial charge is 0.462 e. The molecule has 0 aliphatic carbocycles. The minimum absolute atomic E-state index is 0.104. The average molecular weight is 1340 g/mol. The lowest BCUT2D eigenvalue weighted by molar-refractivity contribution is -0.161. The highest BCUT2D eigenvalue weighted by Gasteiger charge is 2.30. The number of rotatable bonds is 70. The Morgan fingerprint density at radius 3 is 0.835 bits per heavy atom. The predicted molar refractivity (Wildman–Crippen MR) is 368 cm³/mol. The number of esters is 4. The molecule has 540 valence electrons. The predicted octanol–water partition coefficient (Wildman–Crippen LogP) is 20.6. The van der Waals surface area contributed by atoms with Crippen LogP contribution < -0.4 is 0 Å². The summed E-state index contributed by atoms with van der Waals surface area (Å²) in [7, 11) is -9.89. The second-order valence-electron chi connectivity index (χ2n) is 27.2. The normalized spacial score (nSPS) is 14.5. The molecule has 0 saturated carbocycles. The zero-order valence-corrected chi connectivity index (χ0v) is 61.1. The molecule has 0 heterocycles. The molecule has 91 heavy (non-hydrogen) atoms. The quantitative estimate of drug-likeness (QED) is 0.0222. The van der Waals surface area contributed by atoms with E-state index in [0.717, 1.165) is 114 Å². The monoisotopic (exact) mass is 1340 g/mol. The van der Waals surface area contributed by atoms with E-state index in [-0.39, 0.29) is 25.7 Å². The lowest BCUT2D eigenvalue weighted by Crippen LogP contribution is -2.30. The van der Waals surface area contributed by atoms with Crippen molar-refractivity contribution in [2.75, 3.05) is 39.6 Å². The van der Waals surface area contributed by atoms with Crippen LogP contribution in [0.15, 0.2) is 0 Å². The number of hydrogen-bond acceptors (Lipinski definition) is 15. The van der Waals surface area contributed by atoms with Crippen molar-refractivity contribution in [1.82, 2.24) is 0 Å². The largest absolute Gasteiger partial charge is 0.472 e. The Morgan fingerprint density at radius 2 is 0.560 bits per heavy atom. The second kappa shape index (κ2) is 62.8. The van der Waals surface area contributed by atoms with Crippen molar-refractivity contribution in [2.45, 2.75) is 381 Å². The molecule has 0 aromatic rings. The Morgan fingerprint density at radius 1 is 0.319 bits per heavy atom. The van der Waals surface area contributed by atoms with Crippen LogP contribution in [0.4, 0.5) is 0 Å². The summed E-state index contributed by atoms with van der Waals surface area (Å²) in [5.74, 6) is 0.212. The van der Waals surface area contributed by atoms with Crippen LogP contribution in [-0.2, 0) is 65.4 Å². The van der Waals surface area contributed by atoms with Gasteiger partial charge in [-0.3, -0.25) is 37.3 Å². The Labute approximate surface area is 556 Å². The van der Waals surface area contributed by atoms with Crippen LogP contribution in [-0.4, -0.2) is 96.7 Å². The molecule has 6 atom stereocenters. The van der Waals surface area contributed by atoms with Crippen molar-refractivity contribution in [3.05, 3.63) is 0 Å². The number of carbonyl (C=O) groups is 4. The Kier molecular flexibility index (Phi) is 61.5.